The van der Waals surface area contributed by atoms with Crippen molar-refractivity contribution in [2.24, 2.45) is 0 Å². The minimum atomic E-state index is -4.45. The Morgan fingerprint density at radius 1 is 0.886 bits per heavy atom. The first kappa shape index (κ1) is 31.3. The second-order valence-corrected chi connectivity index (χ2v) is 11.3. The Morgan fingerprint density at radius 3 is 2.20 bits per heavy atom. The molecule has 5 rings (SSSR count). The lowest BCUT2D eigenvalue weighted by molar-refractivity contribution is -0.137. The largest absolute Gasteiger partial charge is 0.493 e. The number of nitrogens with zero attached hydrogens (tertiary/aromatic N) is 3. The van der Waals surface area contributed by atoms with Crippen molar-refractivity contribution in [3.05, 3.63) is 82.3 Å². The molecule has 2 aliphatic heterocycles. The predicted molar refractivity (Wildman–Crippen MR) is 162 cm³/mol. The van der Waals surface area contributed by atoms with Crippen molar-refractivity contribution in [2.45, 2.75) is 17.6 Å². The molecule has 232 valence electrons. The molecule has 0 spiro atoms. The van der Waals surface area contributed by atoms with Gasteiger partial charge in [0.2, 0.25) is 11.7 Å². The first-order valence-corrected chi connectivity index (χ1v) is 14.7. The number of alkyl halides is 3. The highest BCUT2D eigenvalue weighted by Gasteiger charge is 2.33. The monoisotopic (exact) mass is 627 g/mol. The maximum absolute atomic E-state index is 13.6. The smallest absolute Gasteiger partial charge is 0.416 e. The quantitative estimate of drug-likeness (QED) is 0.303. The number of thioether (sulfide) groups is 1. The average Bonchev–Trinajstić information content (AvgIpc) is 3.02. The minimum Gasteiger partial charge on any atom is -0.493 e. The number of benzene rings is 3. The summed E-state index contributed by atoms with van der Waals surface area (Å²) in [5.41, 5.74) is 1.26. The number of methoxy groups -OCH3 is 3. The van der Waals surface area contributed by atoms with Crippen molar-refractivity contribution in [1.29, 1.82) is 0 Å². The van der Waals surface area contributed by atoms with E-state index >= 15 is 0 Å². The van der Waals surface area contributed by atoms with Crippen LogP contribution in [0.1, 0.15) is 16.7 Å². The van der Waals surface area contributed by atoms with Crippen LogP contribution >= 0.6 is 11.8 Å². The summed E-state index contributed by atoms with van der Waals surface area (Å²) in [7, 11) is 4.71. The Kier molecular flexibility index (Phi) is 9.40. The molecule has 12 heteroatoms. The van der Waals surface area contributed by atoms with E-state index in [1.54, 1.807) is 44.4 Å². The van der Waals surface area contributed by atoms with E-state index in [1.807, 2.05) is 24.3 Å². The fraction of sp³-hybridized carbons (Fsp3) is 0.312. The second-order valence-electron chi connectivity index (χ2n) is 10.2. The summed E-state index contributed by atoms with van der Waals surface area (Å²) in [5.74, 6) is 1.15. The fourth-order valence-electron chi connectivity index (χ4n) is 5.26. The van der Waals surface area contributed by atoms with Gasteiger partial charge in [-0.1, -0.05) is 42.1 Å². The third kappa shape index (κ3) is 6.66. The Bertz CT molecular complexity index is 1550. The molecule has 3 aromatic carbocycles. The van der Waals surface area contributed by atoms with Gasteiger partial charge in [-0.2, -0.15) is 13.2 Å². The summed E-state index contributed by atoms with van der Waals surface area (Å²) in [6, 6.07) is 15.7. The number of piperazine rings is 1. The normalized spacial score (nSPS) is 16.6. The Labute approximate surface area is 258 Å². The second kappa shape index (κ2) is 13.2. The lowest BCUT2D eigenvalue weighted by Crippen LogP contribution is -2.52. The van der Waals surface area contributed by atoms with Crippen LogP contribution in [0.25, 0.3) is 6.08 Å². The molecule has 0 radical (unpaired) electrons. The molecular weight excluding hydrogens is 595 g/mol. The zero-order valence-electron chi connectivity index (χ0n) is 24.5. The molecule has 0 aromatic heterocycles. The Balaban J connectivity index is 1.26. The van der Waals surface area contributed by atoms with Gasteiger partial charge in [-0.05, 0) is 42.0 Å². The van der Waals surface area contributed by atoms with E-state index in [0.717, 1.165) is 22.6 Å². The lowest BCUT2D eigenvalue weighted by atomic mass is 10.1. The van der Waals surface area contributed by atoms with Crippen LogP contribution in [0.4, 0.5) is 18.9 Å². The number of anilines is 1. The Hall–Kier alpha value is -4.16. The molecule has 0 bridgehead atoms. The van der Waals surface area contributed by atoms with Gasteiger partial charge in [0, 0.05) is 43.2 Å². The van der Waals surface area contributed by atoms with Gasteiger partial charge < -0.3 is 19.1 Å². The van der Waals surface area contributed by atoms with Gasteiger partial charge in [0.15, 0.2) is 11.5 Å². The van der Waals surface area contributed by atoms with Crippen LogP contribution in [-0.4, -0.2) is 75.7 Å². The molecule has 1 fully saturated rings. The summed E-state index contributed by atoms with van der Waals surface area (Å²) < 4.78 is 55.5. The molecule has 2 aliphatic rings. The average molecular weight is 628 g/mol. The van der Waals surface area contributed by atoms with Crippen molar-refractivity contribution in [3.8, 4) is 17.2 Å². The SMILES string of the molecule is COc1ccc(CN2CCN(C(=O)CN3C(=O)/C(=C/c4ccc(C(F)(F)F)cc4)Sc4ccccc43)CC2)c(OC)c1OC. The van der Waals surface area contributed by atoms with Crippen LogP contribution in [0.3, 0.4) is 0 Å². The van der Waals surface area contributed by atoms with Gasteiger partial charge in [0.25, 0.3) is 5.91 Å². The zero-order chi connectivity index (χ0) is 31.4. The summed E-state index contributed by atoms with van der Waals surface area (Å²) in [4.78, 5) is 33.6. The predicted octanol–water partition coefficient (Wildman–Crippen LogP) is 5.56. The van der Waals surface area contributed by atoms with Gasteiger partial charge in [0.1, 0.15) is 6.54 Å². The van der Waals surface area contributed by atoms with Crippen molar-refractivity contribution in [1.82, 2.24) is 9.80 Å². The van der Waals surface area contributed by atoms with Crippen molar-refractivity contribution >= 4 is 35.3 Å². The molecule has 44 heavy (non-hydrogen) atoms. The molecule has 8 nitrogen and oxygen atoms in total. The topological polar surface area (TPSA) is 71.6 Å². The maximum Gasteiger partial charge on any atom is 0.416 e. The summed E-state index contributed by atoms with van der Waals surface area (Å²) in [6.07, 6.45) is -2.89. The zero-order valence-corrected chi connectivity index (χ0v) is 25.3. The van der Waals surface area contributed by atoms with Crippen molar-refractivity contribution in [3.63, 3.8) is 0 Å². The van der Waals surface area contributed by atoms with Gasteiger partial charge in [0.05, 0.1) is 37.5 Å². The Morgan fingerprint density at radius 2 is 1.57 bits per heavy atom. The first-order valence-electron chi connectivity index (χ1n) is 13.9. The number of amides is 2. The van der Waals surface area contributed by atoms with Crippen LogP contribution in [0.15, 0.2) is 70.5 Å². The molecule has 3 aromatic rings. The van der Waals surface area contributed by atoms with Crippen molar-refractivity contribution in [2.75, 3.05) is 59.0 Å². The number of rotatable bonds is 8. The summed E-state index contributed by atoms with van der Waals surface area (Å²) in [5, 5.41) is 0. The van der Waals surface area contributed by atoms with Gasteiger partial charge >= 0.3 is 6.18 Å². The van der Waals surface area contributed by atoms with E-state index in [4.69, 9.17) is 14.2 Å². The van der Waals surface area contributed by atoms with Crippen LogP contribution < -0.4 is 19.1 Å². The molecule has 0 atom stereocenters. The van der Waals surface area contributed by atoms with E-state index in [0.29, 0.717) is 66.1 Å². The molecule has 0 saturated carbocycles. The fourth-order valence-corrected chi connectivity index (χ4v) is 6.32. The molecule has 0 unspecified atom stereocenters. The van der Waals surface area contributed by atoms with E-state index in [2.05, 4.69) is 4.90 Å². The number of carbonyl (C=O) groups is 2. The summed E-state index contributed by atoms with van der Waals surface area (Å²) >= 11 is 1.23. The number of ether oxygens (including phenoxy) is 3. The maximum atomic E-state index is 13.6. The molecule has 0 aliphatic carbocycles. The number of fused-ring (bicyclic) bond motifs is 1. The number of carbonyl (C=O) groups excluding carboxylic acids is 2. The summed E-state index contributed by atoms with van der Waals surface area (Å²) in [6.45, 7) is 2.68. The molecule has 2 heterocycles. The van der Waals surface area contributed by atoms with E-state index < -0.39 is 11.7 Å². The van der Waals surface area contributed by atoms with Gasteiger partial charge in [-0.25, -0.2) is 0 Å². The number of hydrogen-bond donors (Lipinski definition) is 0. The molecular formula is C32H32F3N3O5S. The van der Waals surface area contributed by atoms with Gasteiger partial charge in [-0.3, -0.25) is 19.4 Å². The molecule has 0 N–H and O–H groups in total. The highest BCUT2D eigenvalue weighted by molar-refractivity contribution is 8.04. The number of halogens is 3. The van der Waals surface area contributed by atoms with Gasteiger partial charge in [-0.15, -0.1) is 0 Å². The molecule has 1 saturated heterocycles. The van der Waals surface area contributed by atoms with E-state index in [-0.39, 0.29) is 18.4 Å². The number of para-hydroxylation sites is 1. The van der Waals surface area contributed by atoms with Crippen LogP contribution in [0.2, 0.25) is 0 Å². The molecule has 2 amide bonds. The number of hydrogen-bond acceptors (Lipinski definition) is 7. The van der Waals surface area contributed by atoms with Crippen LogP contribution in [-0.2, 0) is 22.3 Å². The first-order chi connectivity index (χ1) is 21.1. The highest BCUT2D eigenvalue weighted by Crippen LogP contribution is 2.43. The van der Waals surface area contributed by atoms with Crippen LogP contribution in [0.5, 0.6) is 17.2 Å². The standard InChI is InChI=1S/C32H32F3N3O5S/c1-41-25-13-10-22(29(42-2)30(25)43-3)19-36-14-16-37(17-15-36)28(39)20-38-24-6-4-5-7-26(24)44-27(31(38)40)18-21-8-11-23(12-9-21)32(33,34)35/h4-13,18H,14-17,19-20H2,1-3H3/b27-18-. The van der Waals surface area contributed by atoms with Crippen LogP contribution in [0, 0.1) is 0 Å². The van der Waals surface area contributed by atoms with E-state index in [9.17, 15) is 22.8 Å². The van der Waals surface area contributed by atoms with Crippen molar-refractivity contribution < 1.29 is 37.0 Å². The third-order valence-electron chi connectivity index (χ3n) is 7.57. The minimum absolute atomic E-state index is 0.149. The highest BCUT2D eigenvalue weighted by atomic mass is 32.2. The third-order valence-corrected chi connectivity index (χ3v) is 8.64. The lowest BCUT2D eigenvalue weighted by Gasteiger charge is -2.37. The van der Waals surface area contributed by atoms with E-state index in [1.165, 1.54) is 28.8 Å².